The molecular formula is C16H24F3N. The Morgan fingerprint density at radius 1 is 1.10 bits per heavy atom. The van der Waals surface area contributed by atoms with Gasteiger partial charge in [-0.25, -0.2) is 13.2 Å². The van der Waals surface area contributed by atoms with Crippen LogP contribution in [0.15, 0.2) is 12.1 Å². The highest BCUT2D eigenvalue weighted by molar-refractivity contribution is 5.23. The van der Waals surface area contributed by atoms with Crippen LogP contribution in [0.5, 0.6) is 0 Å². The van der Waals surface area contributed by atoms with Gasteiger partial charge < -0.3 is 5.32 Å². The lowest BCUT2D eigenvalue weighted by Crippen LogP contribution is -2.28. The van der Waals surface area contributed by atoms with Gasteiger partial charge in [-0.1, -0.05) is 40.7 Å². The zero-order valence-electron chi connectivity index (χ0n) is 12.9. The Morgan fingerprint density at radius 2 is 1.70 bits per heavy atom. The van der Waals surface area contributed by atoms with Crippen molar-refractivity contribution in [2.24, 2.45) is 11.3 Å². The maximum atomic E-state index is 13.9. The average molecular weight is 287 g/mol. The molecule has 0 aliphatic carbocycles. The smallest absolute Gasteiger partial charge is 0.194 e. The van der Waals surface area contributed by atoms with Crippen LogP contribution in [0.2, 0.25) is 0 Å². The Bertz CT molecular complexity index is 452. The highest BCUT2D eigenvalue weighted by Crippen LogP contribution is 2.34. The molecule has 1 nitrogen and oxygen atoms in total. The van der Waals surface area contributed by atoms with Crippen molar-refractivity contribution < 1.29 is 13.2 Å². The van der Waals surface area contributed by atoms with Crippen molar-refractivity contribution in [2.75, 3.05) is 6.54 Å². The van der Waals surface area contributed by atoms with Gasteiger partial charge in [0, 0.05) is 11.6 Å². The molecule has 0 aliphatic rings. The van der Waals surface area contributed by atoms with Crippen molar-refractivity contribution in [3.8, 4) is 0 Å². The highest BCUT2D eigenvalue weighted by Gasteiger charge is 2.27. The zero-order valence-corrected chi connectivity index (χ0v) is 12.9. The van der Waals surface area contributed by atoms with Crippen LogP contribution < -0.4 is 5.32 Å². The molecular weight excluding hydrogens is 263 g/mol. The van der Waals surface area contributed by atoms with Crippen molar-refractivity contribution in [1.82, 2.24) is 5.32 Å². The number of halogens is 3. The molecule has 0 spiro atoms. The summed E-state index contributed by atoms with van der Waals surface area (Å²) in [5.41, 5.74) is 0.268. The van der Waals surface area contributed by atoms with Gasteiger partial charge in [0.2, 0.25) is 0 Å². The molecule has 20 heavy (non-hydrogen) atoms. The fraction of sp³-hybridized carbons (Fsp3) is 0.625. The van der Waals surface area contributed by atoms with Gasteiger partial charge in [0.1, 0.15) is 0 Å². The molecule has 114 valence electrons. The minimum Gasteiger partial charge on any atom is -0.310 e. The summed E-state index contributed by atoms with van der Waals surface area (Å²) in [6.07, 6.45) is 0.666. The lowest BCUT2D eigenvalue weighted by Gasteiger charge is -2.31. The van der Waals surface area contributed by atoms with Crippen molar-refractivity contribution in [1.29, 1.82) is 0 Å². The van der Waals surface area contributed by atoms with E-state index in [1.165, 1.54) is 6.07 Å². The molecule has 0 saturated carbocycles. The van der Waals surface area contributed by atoms with Crippen LogP contribution in [-0.4, -0.2) is 6.54 Å². The first-order chi connectivity index (χ1) is 9.18. The van der Waals surface area contributed by atoms with Crippen LogP contribution in [0.25, 0.3) is 0 Å². The Labute approximate surface area is 119 Å². The van der Waals surface area contributed by atoms with Gasteiger partial charge in [0.05, 0.1) is 0 Å². The first-order valence-corrected chi connectivity index (χ1v) is 7.05. The number of nitrogens with one attached hydrogen (secondary N) is 1. The Balaban J connectivity index is 3.06. The second-order valence-electron chi connectivity index (χ2n) is 6.38. The van der Waals surface area contributed by atoms with Crippen LogP contribution in [0, 0.1) is 28.8 Å². The van der Waals surface area contributed by atoms with E-state index in [4.69, 9.17) is 0 Å². The number of benzene rings is 1. The Morgan fingerprint density at radius 3 is 2.20 bits per heavy atom. The standard InChI is InChI=1S/C16H24F3N/c1-6-20-13(9-10(2)16(3,4)5)11-7-8-12(17)15(19)14(11)18/h7-8,10,13,20H,6,9H2,1-5H3. The lowest BCUT2D eigenvalue weighted by molar-refractivity contribution is 0.222. The van der Waals surface area contributed by atoms with Gasteiger partial charge in [0.25, 0.3) is 0 Å². The highest BCUT2D eigenvalue weighted by atomic mass is 19.2. The summed E-state index contributed by atoms with van der Waals surface area (Å²) in [5, 5.41) is 3.16. The first-order valence-electron chi connectivity index (χ1n) is 7.05. The zero-order chi connectivity index (χ0) is 15.5. The second-order valence-corrected chi connectivity index (χ2v) is 6.38. The Hall–Kier alpha value is -1.03. The van der Waals surface area contributed by atoms with Crippen molar-refractivity contribution >= 4 is 0 Å². The number of hydrogen-bond donors (Lipinski definition) is 1. The predicted octanol–water partition coefficient (Wildman–Crippen LogP) is 4.83. The SMILES string of the molecule is CCNC(CC(C)C(C)(C)C)c1ccc(F)c(F)c1F. The van der Waals surface area contributed by atoms with Gasteiger partial charge in [0.15, 0.2) is 17.5 Å². The molecule has 4 heteroatoms. The molecule has 2 atom stereocenters. The third-order valence-corrected chi connectivity index (χ3v) is 3.96. The number of rotatable bonds is 5. The summed E-state index contributed by atoms with van der Waals surface area (Å²) in [4.78, 5) is 0. The van der Waals surface area contributed by atoms with E-state index in [1.807, 2.05) is 6.92 Å². The van der Waals surface area contributed by atoms with Gasteiger partial charge in [-0.3, -0.25) is 0 Å². The molecule has 1 N–H and O–H groups in total. The molecule has 0 aliphatic heterocycles. The molecule has 0 radical (unpaired) electrons. The van der Waals surface area contributed by atoms with Crippen molar-refractivity contribution in [3.05, 3.63) is 35.1 Å². The summed E-state index contributed by atoms with van der Waals surface area (Å²) in [6.45, 7) is 11.0. The predicted molar refractivity (Wildman–Crippen MR) is 76.0 cm³/mol. The molecule has 0 saturated heterocycles. The quantitative estimate of drug-likeness (QED) is 0.765. The number of hydrogen-bond acceptors (Lipinski definition) is 1. The van der Waals surface area contributed by atoms with E-state index in [1.54, 1.807) is 0 Å². The monoisotopic (exact) mass is 287 g/mol. The summed E-state index contributed by atoms with van der Waals surface area (Å²) >= 11 is 0. The van der Waals surface area contributed by atoms with Gasteiger partial charge in [-0.2, -0.15) is 0 Å². The molecule has 2 unspecified atom stereocenters. The topological polar surface area (TPSA) is 12.0 Å². The largest absolute Gasteiger partial charge is 0.310 e. The first kappa shape index (κ1) is 17.0. The van der Waals surface area contributed by atoms with Gasteiger partial charge in [-0.15, -0.1) is 0 Å². The van der Waals surface area contributed by atoms with Crippen LogP contribution in [-0.2, 0) is 0 Å². The minimum atomic E-state index is -1.39. The average Bonchev–Trinajstić information content (AvgIpc) is 2.34. The van der Waals surface area contributed by atoms with E-state index >= 15 is 0 Å². The third kappa shape index (κ3) is 3.98. The normalized spacial score (nSPS) is 15.2. The van der Waals surface area contributed by atoms with Crippen LogP contribution in [0.3, 0.4) is 0 Å². The van der Waals surface area contributed by atoms with Crippen molar-refractivity contribution in [2.45, 2.75) is 47.1 Å². The van der Waals surface area contributed by atoms with Crippen LogP contribution >= 0.6 is 0 Å². The molecule has 0 bridgehead atoms. The maximum Gasteiger partial charge on any atom is 0.194 e. The molecule has 1 rings (SSSR count). The molecule has 0 fully saturated rings. The van der Waals surface area contributed by atoms with E-state index in [9.17, 15) is 13.2 Å². The summed E-state index contributed by atoms with van der Waals surface area (Å²) in [5.74, 6) is -3.32. The summed E-state index contributed by atoms with van der Waals surface area (Å²) < 4.78 is 40.3. The van der Waals surface area contributed by atoms with Crippen LogP contribution in [0.4, 0.5) is 13.2 Å². The minimum absolute atomic E-state index is 0.0721. The molecule has 0 heterocycles. The summed E-state index contributed by atoms with van der Waals surface area (Å²) in [7, 11) is 0. The molecule has 0 aromatic heterocycles. The van der Waals surface area contributed by atoms with E-state index in [0.717, 1.165) is 6.07 Å². The van der Waals surface area contributed by atoms with E-state index in [2.05, 4.69) is 33.0 Å². The molecule has 1 aromatic carbocycles. The third-order valence-electron chi connectivity index (χ3n) is 3.96. The summed E-state index contributed by atoms with van der Waals surface area (Å²) in [6, 6.07) is 2.00. The molecule has 1 aromatic rings. The fourth-order valence-corrected chi connectivity index (χ4v) is 2.08. The van der Waals surface area contributed by atoms with Gasteiger partial charge >= 0.3 is 0 Å². The maximum absolute atomic E-state index is 13.9. The molecule has 0 amide bonds. The van der Waals surface area contributed by atoms with Crippen molar-refractivity contribution in [3.63, 3.8) is 0 Å². The van der Waals surface area contributed by atoms with Crippen LogP contribution in [0.1, 0.15) is 52.6 Å². The fourth-order valence-electron chi connectivity index (χ4n) is 2.08. The van der Waals surface area contributed by atoms with E-state index < -0.39 is 17.5 Å². The second kappa shape index (κ2) is 6.61. The van der Waals surface area contributed by atoms with E-state index in [0.29, 0.717) is 18.9 Å². The van der Waals surface area contributed by atoms with E-state index in [-0.39, 0.29) is 17.0 Å². The van der Waals surface area contributed by atoms with Gasteiger partial charge in [-0.05, 0) is 30.4 Å². The lowest BCUT2D eigenvalue weighted by atomic mass is 9.77. The Kier molecular flexibility index (Phi) is 5.63.